The molecule has 0 aliphatic heterocycles. The Hall–Kier alpha value is -1.82. The quantitative estimate of drug-likeness (QED) is 0.581. The first kappa shape index (κ1) is 6.86. The zero-order chi connectivity index (χ0) is 8.55. The highest BCUT2D eigenvalue weighted by atomic mass is 15.2. The molecule has 2 heterocycles. The Morgan fingerprint density at radius 2 is 2.33 bits per heavy atom. The normalized spacial score (nSPS) is 10.0. The summed E-state index contributed by atoms with van der Waals surface area (Å²) in [5.41, 5.74) is 2.64. The third-order valence-electron chi connectivity index (χ3n) is 1.82. The van der Waals surface area contributed by atoms with Gasteiger partial charge in [0, 0.05) is 5.69 Å². The van der Waals surface area contributed by atoms with Crippen molar-refractivity contribution in [3.63, 3.8) is 0 Å². The van der Waals surface area contributed by atoms with Crippen molar-refractivity contribution in [1.29, 1.82) is 5.26 Å². The van der Waals surface area contributed by atoms with Gasteiger partial charge in [-0.15, -0.1) is 0 Å². The van der Waals surface area contributed by atoms with Crippen LogP contribution in [0.2, 0.25) is 0 Å². The lowest BCUT2D eigenvalue weighted by Crippen LogP contribution is -1.92. The van der Waals surface area contributed by atoms with Gasteiger partial charge in [-0.3, -0.25) is 0 Å². The van der Waals surface area contributed by atoms with E-state index in [0.717, 1.165) is 11.2 Å². The lowest BCUT2D eigenvalue weighted by Gasteiger charge is -1.95. The first-order valence-electron chi connectivity index (χ1n) is 3.66. The molecule has 0 saturated heterocycles. The molecule has 0 atom stereocenters. The number of hydrogen-bond donors (Lipinski definition) is 0. The molecule has 0 aromatic carbocycles. The van der Waals surface area contributed by atoms with E-state index >= 15 is 0 Å². The number of nitriles is 1. The van der Waals surface area contributed by atoms with Crippen LogP contribution in [-0.2, 0) is 0 Å². The molecule has 2 aromatic rings. The molecular formula is C9H7N3. The van der Waals surface area contributed by atoms with Gasteiger partial charge in [-0.25, -0.2) is 4.52 Å². The van der Waals surface area contributed by atoms with Crippen LogP contribution in [0.5, 0.6) is 0 Å². The van der Waals surface area contributed by atoms with Gasteiger partial charge in [0.25, 0.3) is 0 Å². The van der Waals surface area contributed by atoms with E-state index in [4.69, 9.17) is 5.26 Å². The van der Waals surface area contributed by atoms with Gasteiger partial charge < -0.3 is 0 Å². The molecule has 0 fully saturated rings. The molecule has 0 saturated carbocycles. The van der Waals surface area contributed by atoms with Gasteiger partial charge in [0.2, 0.25) is 0 Å². The molecule has 0 N–H and O–H groups in total. The molecule has 2 aromatic heterocycles. The zero-order valence-corrected chi connectivity index (χ0v) is 6.65. The summed E-state index contributed by atoms with van der Waals surface area (Å²) in [6, 6.07) is 7.80. The zero-order valence-electron chi connectivity index (χ0n) is 6.65. The van der Waals surface area contributed by atoms with E-state index in [9.17, 15) is 0 Å². The molecule has 2 rings (SSSR count). The SMILES string of the molecule is Cc1ccc2cc(C#N)cnn12. The maximum absolute atomic E-state index is 8.60. The molecular weight excluding hydrogens is 150 g/mol. The largest absolute Gasteiger partial charge is 0.238 e. The molecule has 0 spiro atoms. The monoisotopic (exact) mass is 157 g/mol. The number of nitrogens with zero attached hydrogens (tertiary/aromatic N) is 3. The topological polar surface area (TPSA) is 41.1 Å². The maximum Gasteiger partial charge on any atom is 0.101 e. The van der Waals surface area contributed by atoms with Crippen LogP contribution in [0.25, 0.3) is 5.52 Å². The summed E-state index contributed by atoms with van der Waals surface area (Å²) in [5.74, 6) is 0. The van der Waals surface area contributed by atoms with Crippen molar-refractivity contribution in [2.45, 2.75) is 6.92 Å². The molecule has 0 aliphatic carbocycles. The van der Waals surface area contributed by atoms with Gasteiger partial charge in [-0.05, 0) is 25.1 Å². The highest BCUT2D eigenvalue weighted by molar-refractivity contribution is 5.51. The van der Waals surface area contributed by atoms with E-state index in [0.29, 0.717) is 5.56 Å². The molecule has 0 bridgehead atoms. The minimum atomic E-state index is 0.598. The molecule has 0 unspecified atom stereocenters. The van der Waals surface area contributed by atoms with E-state index in [2.05, 4.69) is 11.2 Å². The molecule has 58 valence electrons. The second-order valence-electron chi connectivity index (χ2n) is 2.67. The van der Waals surface area contributed by atoms with E-state index in [1.165, 1.54) is 0 Å². The van der Waals surface area contributed by atoms with Crippen molar-refractivity contribution in [2.24, 2.45) is 0 Å². The maximum atomic E-state index is 8.60. The second kappa shape index (κ2) is 2.35. The van der Waals surface area contributed by atoms with Crippen molar-refractivity contribution in [3.8, 4) is 6.07 Å². The molecule has 3 heteroatoms. The summed E-state index contributed by atoms with van der Waals surface area (Å²) < 4.78 is 1.81. The first-order chi connectivity index (χ1) is 5.81. The lowest BCUT2D eigenvalue weighted by atomic mass is 10.3. The Morgan fingerprint density at radius 1 is 1.50 bits per heavy atom. The molecule has 3 nitrogen and oxygen atoms in total. The average molecular weight is 157 g/mol. The van der Waals surface area contributed by atoms with Gasteiger partial charge in [-0.2, -0.15) is 10.4 Å². The number of rotatable bonds is 0. The fraction of sp³-hybridized carbons (Fsp3) is 0.111. The third kappa shape index (κ3) is 0.857. The highest BCUT2D eigenvalue weighted by Crippen LogP contribution is 2.08. The van der Waals surface area contributed by atoms with Crippen LogP contribution < -0.4 is 0 Å². The van der Waals surface area contributed by atoms with E-state index in [1.807, 2.05) is 25.1 Å². The fourth-order valence-corrected chi connectivity index (χ4v) is 1.20. The van der Waals surface area contributed by atoms with Crippen LogP contribution in [-0.4, -0.2) is 9.61 Å². The second-order valence-corrected chi connectivity index (χ2v) is 2.67. The van der Waals surface area contributed by atoms with Crippen LogP contribution in [0.1, 0.15) is 11.3 Å². The summed E-state index contributed by atoms with van der Waals surface area (Å²) in [4.78, 5) is 0. The number of aromatic nitrogens is 2. The van der Waals surface area contributed by atoms with Crippen molar-refractivity contribution < 1.29 is 0 Å². The van der Waals surface area contributed by atoms with E-state index < -0.39 is 0 Å². The van der Waals surface area contributed by atoms with Crippen LogP contribution in [0.3, 0.4) is 0 Å². The molecule has 12 heavy (non-hydrogen) atoms. The number of aryl methyl sites for hydroxylation is 1. The van der Waals surface area contributed by atoms with Crippen LogP contribution >= 0.6 is 0 Å². The van der Waals surface area contributed by atoms with Crippen LogP contribution in [0, 0.1) is 18.3 Å². The van der Waals surface area contributed by atoms with Crippen molar-refractivity contribution >= 4 is 5.52 Å². The van der Waals surface area contributed by atoms with Gasteiger partial charge in [0.05, 0.1) is 17.3 Å². The smallest absolute Gasteiger partial charge is 0.101 e. The van der Waals surface area contributed by atoms with Crippen molar-refractivity contribution in [3.05, 3.63) is 35.7 Å². The van der Waals surface area contributed by atoms with Gasteiger partial charge in [0.15, 0.2) is 0 Å². The summed E-state index contributed by atoms with van der Waals surface area (Å²) >= 11 is 0. The first-order valence-corrected chi connectivity index (χ1v) is 3.66. The van der Waals surface area contributed by atoms with E-state index in [1.54, 1.807) is 10.7 Å². The minimum Gasteiger partial charge on any atom is -0.238 e. The van der Waals surface area contributed by atoms with Crippen molar-refractivity contribution in [2.75, 3.05) is 0 Å². The Labute approximate surface area is 69.9 Å². The standard InChI is InChI=1S/C9H7N3/c1-7-2-3-9-4-8(5-10)6-11-12(7)9/h2-4,6H,1H3. The van der Waals surface area contributed by atoms with Gasteiger partial charge >= 0.3 is 0 Å². The van der Waals surface area contributed by atoms with E-state index in [-0.39, 0.29) is 0 Å². The lowest BCUT2D eigenvalue weighted by molar-refractivity contribution is 0.899. The van der Waals surface area contributed by atoms with Crippen LogP contribution in [0.15, 0.2) is 24.4 Å². The average Bonchev–Trinajstić information content (AvgIpc) is 2.47. The summed E-state index contributed by atoms with van der Waals surface area (Å²) in [5, 5.41) is 12.7. The molecule has 0 radical (unpaired) electrons. The Balaban J connectivity index is 2.80. The van der Waals surface area contributed by atoms with Gasteiger partial charge in [0.1, 0.15) is 6.07 Å². The highest BCUT2D eigenvalue weighted by Gasteiger charge is 1.98. The fourth-order valence-electron chi connectivity index (χ4n) is 1.20. The van der Waals surface area contributed by atoms with Crippen molar-refractivity contribution in [1.82, 2.24) is 9.61 Å². The number of hydrogen-bond acceptors (Lipinski definition) is 2. The summed E-state index contributed by atoms with van der Waals surface area (Å²) in [7, 11) is 0. The summed E-state index contributed by atoms with van der Waals surface area (Å²) in [6.07, 6.45) is 1.57. The predicted molar refractivity (Wildman–Crippen MR) is 44.6 cm³/mol. The Kier molecular flexibility index (Phi) is 1.34. The third-order valence-corrected chi connectivity index (χ3v) is 1.82. The predicted octanol–water partition coefficient (Wildman–Crippen LogP) is 1.51. The Bertz CT molecular complexity index is 462. The summed E-state index contributed by atoms with van der Waals surface area (Å²) in [6.45, 7) is 1.98. The minimum absolute atomic E-state index is 0.598. The molecule has 0 amide bonds. The Morgan fingerprint density at radius 3 is 3.08 bits per heavy atom. The van der Waals surface area contributed by atoms with Crippen LogP contribution in [0.4, 0.5) is 0 Å². The number of fused-ring (bicyclic) bond motifs is 1. The molecule has 0 aliphatic rings. The van der Waals surface area contributed by atoms with Gasteiger partial charge in [-0.1, -0.05) is 0 Å².